The van der Waals surface area contributed by atoms with Gasteiger partial charge in [-0.15, -0.1) is 0 Å². The molecule has 2 amide bonds. The van der Waals surface area contributed by atoms with E-state index in [4.69, 9.17) is 10.8 Å². The first-order valence-corrected chi connectivity index (χ1v) is 7.43. The van der Waals surface area contributed by atoms with Crippen LogP contribution in [0, 0.1) is 0 Å². The summed E-state index contributed by atoms with van der Waals surface area (Å²) in [6.45, 7) is 1.82. The van der Waals surface area contributed by atoms with Crippen LogP contribution in [0.15, 0.2) is 36.4 Å². The maximum Gasteiger partial charge on any atom is 0.326 e. The van der Waals surface area contributed by atoms with E-state index >= 15 is 0 Å². The molecular formula is C16H18N4O4. The SMILES string of the molecule is CCCC(NC(=O)c1cc(C(N)=O)n(-c2ccccc2)n1)C(=O)O. The molecule has 8 nitrogen and oxygen atoms in total. The molecule has 0 spiro atoms. The van der Waals surface area contributed by atoms with Gasteiger partial charge in [0.2, 0.25) is 0 Å². The van der Waals surface area contributed by atoms with Crippen LogP contribution < -0.4 is 11.1 Å². The van der Waals surface area contributed by atoms with Crippen molar-refractivity contribution in [3.63, 3.8) is 0 Å². The van der Waals surface area contributed by atoms with Crippen LogP contribution in [-0.4, -0.2) is 38.7 Å². The van der Waals surface area contributed by atoms with Gasteiger partial charge in [0, 0.05) is 6.07 Å². The summed E-state index contributed by atoms with van der Waals surface area (Å²) in [5.41, 5.74) is 5.86. The zero-order valence-corrected chi connectivity index (χ0v) is 13.1. The molecule has 0 saturated heterocycles. The highest BCUT2D eigenvalue weighted by molar-refractivity contribution is 5.98. The predicted octanol–water partition coefficient (Wildman–Crippen LogP) is 0.954. The topological polar surface area (TPSA) is 127 Å². The average molecular weight is 330 g/mol. The molecule has 0 aliphatic carbocycles. The molecule has 1 atom stereocenters. The minimum absolute atomic E-state index is 0.0358. The van der Waals surface area contributed by atoms with Gasteiger partial charge in [-0.05, 0) is 18.6 Å². The number of carbonyl (C=O) groups is 3. The first-order valence-electron chi connectivity index (χ1n) is 7.43. The zero-order chi connectivity index (χ0) is 17.7. The minimum atomic E-state index is -1.12. The minimum Gasteiger partial charge on any atom is -0.480 e. The number of nitrogens with one attached hydrogen (secondary N) is 1. The summed E-state index contributed by atoms with van der Waals surface area (Å²) in [5.74, 6) is -2.54. The summed E-state index contributed by atoms with van der Waals surface area (Å²) in [6, 6.07) is 8.95. The summed E-state index contributed by atoms with van der Waals surface area (Å²) < 4.78 is 1.26. The van der Waals surface area contributed by atoms with Gasteiger partial charge in [0.05, 0.1) is 5.69 Å². The Morgan fingerprint density at radius 2 is 1.96 bits per heavy atom. The van der Waals surface area contributed by atoms with Crippen molar-refractivity contribution >= 4 is 17.8 Å². The van der Waals surface area contributed by atoms with Crippen molar-refractivity contribution in [2.24, 2.45) is 5.73 Å². The molecular weight excluding hydrogens is 312 g/mol. The summed E-state index contributed by atoms with van der Waals surface area (Å²) >= 11 is 0. The van der Waals surface area contributed by atoms with Gasteiger partial charge < -0.3 is 16.2 Å². The lowest BCUT2D eigenvalue weighted by Gasteiger charge is -2.12. The van der Waals surface area contributed by atoms with Crippen molar-refractivity contribution in [3.05, 3.63) is 47.8 Å². The van der Waals surface area contributed by atoms with E-state index in [0.29, 0.717) is 18.5 Å². The molecule has 0 aliphatic rings. The number of benzene rings is 1. The van der Waals surface area contributed by atoms with Crippen LogP contribution in [0.3, 0.4) is 0 Å². The second kappa shape index (κ2) is 7.40. The molecule has 2 aromatic rings. The Balaban J connectivity index is 2.33. The highest BCUT2D eigenvalue weighted by Crippen LogP contribution is 2.13. The van der Waals surface area contributed by atoms with E-state index in [1.807, 2.05) is 6.92 Å². The first-order chi connectivity index (χ1) is 11.4. The van der Waals surface area contributed by atoms with Crippen LogP contribution in [-0.2, 0) is 4.79 Å². The van der Waals surface area contributed by atoms with E-state index in [0.717, 1.165) is 0 Å². The highest BCUT2D eigenvalue weighted by atomic mass is 16.4. The number of hydrogen-bond acceptors (Lipinski definition) is 4. The Morgan fingerprint density at radius 3 is 2.50 bits per heavy atom. The number of para-hydroxylation sites is 1. The van der Waals surface area contributed by atoms with E-state index in [-0.39, 0.29) is 11.4 Å². The normalized spacial score (nSPS) is 11.7. The third kappa shape index (κ3) is 3.78. The molecule has 0 saturated carbocycles. The molecule has 0 fully saturated rings. The third-order valence-electron chi connectivity index (χ3n) is 3.38. The van der Waals surface area contributed by atoms with Gasteiger partial charge in [0.25, 0.3) is 11.8 Å². The Labute approximate surface area is 138 Å². The lowest BCUT2D eigenvalue weighted by Crippen LogP contribution is -2.40. The summed E-state index contributed by atoms with van der Waals surface area (Å²) in [7, 11) is 0. The van der Waals surface area contributed by atoms with Gasteiger partial charge in [-0.2, -0.15) is 5.10 Å². The smallest absolute Gasteiger partial charge is 0.326 e. The van der Waals surface area contributed by atoms with Gasteiger partial charge in [0.1, 0.15) is 11.7 Å². The van der Waals surface area contributed by atoms with Crippen molar-refractivity contribution < 1.29 is 19.5 Å². The number of carboxylic acid groups (broad SMARTS) is 1. The van der Waals surface area contributed by atoms with Gasteiger partial charge >= 0.3 is 5.97 Å². The van der Waals surface area contributed by atoms with Crippen molar-refractivity contribution in [2.45, 2.75) is 25.8 Å². The molecule has 4 N–H and O–H groups in total. The van der Waals surface area contributed by atoms with Crippen molar-refractivity contribution in [1.82, 2.24) is 15.1 Å². The molecule has 2 rings (SSSR count). The highest BCUT2D eigenvalue weighted by Gasteiger charge is 2.23. The monoisotopic (exact) mass is 330 g/mol. The molecule has 0 aliphatic heterocycles. The third-order valence-corrected chi connectivity index (χ3v) is 3.38. The van der Waals surface area contributed by atoms with Crippen LogP contribution in [0.5, 0.6) is 0 Å². The van der Waals surface area contributed by atoms with Gasteiger partial charge in [-0.25, -0.2) is 9.48 Å². The summed E-state index contributed by atoms with van der Waals surface area (Å²) in [6.07, 6.45) is 0.894. The van der Waals surface area contributed by atoms with E-state index in [1.165, 1.54) is 10.7 Å². The van der Waals surface area contributed by atoms with Crippen LogP contribution in [0.25, 0.3) is 5.69 Å². The summed E-state index contributed by atoms with van der Waals surface area (Å²) in [5, 5.41) is 15.6. The average Bonchev–Trinajstić information content (AvgIpc) is 3.00. The fourth-order valence-corrected chi connectivity index (χ4v) is 2.21. The molecule has 0 radical (unpaired) electrons. The number of carboxylic acids is 1. The molecule has 8 heteroatoms. The predicted molar refractivity (Wildman–Crippen MR) is 85.9 cm³/mol. The number of rotatable bonds is 7. The lowest BCUT2D eigenvalue weighted by atomic mass is 10.1. The Morgan fingerprint density at radius 1 is 1.29 bits per heavy atom. The molecule has 24 heavy (non-hydrogen) atoms. The van der Waals surface area contributed by atoms with Crippen LogP contribution >= 0.6 is 0 Å². The number of aliphatic carboxylic acids is 1. The second-order valence-electron chi connectivity index (χ2n) is 5.18. The number of aromatic nitrogens is 2. The number of amides is 2. The maximum absolute atomic E-state index is 12.3. The van der Waals surface area contributed by atoms with Gasteiger partial charge in [-0.1, -0.05) is 31.5 Å². The first kappa shape index (κ1) is 17.2. The molecule has 0 bridgehead atoms. The standard InChI is InChI=1S/C16H18N4O4/c1-2-6-11(16(23)24)18-15(22)12-9-13(14(17)21)20(19-12)10-7-4-3-5-8-10/h3-5,7-9,11H,2,6H2,1H3,(H2,17,21)(H,18,22)(H,23,24). The number of nitrogens with zero attached hydrogens (tertiary/aromatic N) is 2. The molecule has 1 aromatic carbocycles. The van der Waals surface area contributed by atoms with Gasteiger partial charge in [-0.3, -0.25) is 9.59 Å². The molecule has 1 unspecified atom stereocenters. The van der Waals surface area contributed by atoms with E-state index in [9.17, 15) is 14.4 Å². The lowest BCUT2D eigenvalue weighted by molar-refractivity contribution is -0.139. The maximum atomic E-state index is 12.3. The van der Waals surface area contributed by atoms with Crippen LogP contribution in [0.1, 0.15) is 40.7 Å². The van der Waals surface area contributed by atoms with Crippen molar-refractivity contribution in [3.8, 4) is 5.69 Å². The second-order valence-corrected chi connectivity index (χ2v) is 5.18. The van der Waals surface area contributed by atoms with E-state index in [1.54, 1.807) is 30.3 Å². The largest absolute Gasteiger partial charge is 0.480 e. The summed E-state index contributed by atoms with van der Waals surface area (Å²) in [4.78, 5) is 35.0. The fraction of sp³-hybridized carbons (Fsp3) is 0.250. The molecule has 1 aromatic heterocycles. The fourth-order valence-electron chi connectivity index (χ4n) is 2.21. The number of hydrogen-bond donors (Lipinski definition) is 3. The van der Waals surface area contributed by atoms with Crippen molar-refractivity contribution in [1.29, 1.82) is 0 Å². The number of primary amides is 1. The van der Waals surface area contributed by atoms with Crippen LogP contribution in [0.2, 0.25) is 0 Å². The zero-order valence-electron chi connectivity index (χ0n) is 13.1. The molecule has 1 heterocycles. The Kier molecular flexibility index (Phi) is 5.31. The Bertz CT molecular complexity index is 755. The Hall–Kier alpha value is -3.16. The van der Waals surface area contributed by atoms with E-state index < -0.39 is 23.8 Å². The van der Waals surface area contributed by atoms with Crippen molar-refractivity contribution in [2.75, 3.05) is 0 Å². The van der Waals surface area contributed by atoms with Crippen LogP contribution in [0.4, 0.5) is 0 Å². The number of nitrogens with two attached hydrogens (primary N) is 1. The van der Waals surface area contributed by atoms with E-state index in [2.05, 4.69) is 10.4 Å². The number of carbonyl (C=O) groups excluding carboxylic acids is 2. The molecule has 126 valence electrons. The quantitative estimate of drug-likeness (QED) is 0.696. The van der Waals surface area contributed by atoms with Gasteiger partial charge in [0.15, 0.2) is 5.69 Å².